The number of rotatable bonds is 9. The number of hydroxylamine groups is 4. The summed E-state index contributed by atoms with van der Waals surface area (Å²) in [5.74, 6) is -2.85. The van der Waals surface area contributed by atoms with E-state index in [1.165, 1.54) is 65.2 Å². The number of nitrogens with zero attached hydrogens (tertiary/aromatic N) is 4. The number of carbonyl (C=O) groups excluding carboxylic acids is 5. The first-order valence-corrected chi connectivity index (χ1v) is 24.9. The number of fused-ring (bicyclic) bond motifs is 10. The Balaban J connectivity index is 0.000000153. The highest BCUT2D eigenvalue weighted by molar-refractivity contribution is 8.17. The Hall–Kier alpha value is -5.46. The van der Waals surface area contributed by atoms with Crippen LogP contribution < -0.4 is 0 Å². The number of para-hydroxylation sites is 2. The molecule has 2 fully saturated rings. The summed E-state index contributed by atoms with van der Waals surface area (Å²) >= 11 is 7.04. The molecule has 2 saturated heterocycles. The van der Waals surface area contributed by atoms with E-state index in [0.29, 0.717) is 16.6 Å². The van der Waals surface area contributed by atoms with Crippen LogP contribution in [0.2, 0.25) is 0 Å². The number of carboxylic acid groups (broad SMARTS) is 1. The van der Waals surface area contributed by atoms with Gasteiger partial charge in [-0.1, -0.05) is 86.6 Å². The summed E-state index contributed by atoms with van der Waals surface area (Å²) in [5.41, 5.74) is 9.97. The molecule has 4 aliphatic rings. The molecule has 4 aliphatic heterocycles. The van der Waals surface area contributed by atoms with Gasteiger partial charge in [-0.25, -0.2) is 4.79 Å². The van der Waals surface area contributed by atoms with Gasteiger partial charge in [-0.15, -0.1) is 52.1 Å². The van der Waals surface area contributed by atoms with Crippen molar-refractivity contribution in [3.8, 4) is 22.5 Å². The van der Waals surface area contributed by atoms with Gasteiger partial charge in [0.25, 0.3) is 23.6 Å². The zero-order chi connectivity index (χ0) is 46.1. The lowest BCUT2D eigenvalue weighted by Crippen LogP contribution is -2.33. The van der Waals surface area contributed by atoms with E-state index < -0.39 is 41.5 Å². The second kappa shape index (κ2) is 19.6. The average Bonchev–Trinajstić information content (AvgIpc) is 3.94. The summed E-state index contributed by atoms with van der Waals surface area (Å²) < 4.78 is 4.86. The second-order valence-electron chi connectivity index (χ2n) is 15.9. The van der Waals surface area contributed by atoms with Gasteiger partial charge in [0.05, 0.1) is 33.4 Å². The molecule has 65 heavy (non-hydrogen) atoms. The number of thioether (sulfide) groups is 4. The van der Waals surface area contributed by atoms with E-state index >= 15 is 0 Å². The van der Waals surface area contributed by atoms with Crippen LogP contribution in [0.15, 0.2) is 107 Å². The molecule has 6 aromatic rings. The first-order chi connectivity index (χ1) is 31.2. The highest BCUT2D eigenvalue weighted by Crippen LogP contribution is 2.58. The first kappa shape index (κ1) is 46.1. The minimum atomic E-state index is -0.734. The lowest BCUT2D eigenvalue weighted by molar-refractivity contribution is -0.197. The van der Waals surface area contributed by atoms with Gasteiger partial charge in [-0.2, -0.15) is 5.06 Å². The van der Waals surface area contributed by atoms with Crippen molar-refractivity contribution < 1.29 is 43.9 Å². The van der Waals surface area contributed by atoms with Crippen LogP contribution in [0.4, 0.5) is 0 Å². The maximum absolute atomic E-state index is 12.3. The van der Waals surface area contributed by atoms with Gasteiger partial charge in [0.15, 0.2) is 0 Å². The Kier molecular flexibility index (Phi) is 13.9. The van der Waals surface area contributed by atoms with Crippen molar-refractivity contribution in [1.29, 1.82) is 0 Å². The molecule has 2 N–H and O–H groups in total. The van der Waals surface area contributed by atoms with Crippen LogP contribution in [0.1, 0.15) is 59.8 Å². The number of aliphatic carboxylic acids is 1. The van der Waals surface area contributed by atoms with E-state index in [0.717, 1.165) is 0 Å². The maximum Gasteiger partial charge on any atom is 0.334 e. The summed E-state index contributed by atoms with van der Waals surface area (Å²) in [6.07, 6.45) is 0.538. The van der Waals surface area contributed by atoms with Crippen molar-refractivity contribution in [3.05, 3.63) is 108 Å². The molecule has 6 heterocycles. The molecule has 0 saturated carbocycles. The van der Waals surface area contributed by atoms with Gasteiger partial charge in [0.2, 0.25) is 0 Å². The SMILES string of the molecule is CC1CC(=O)N(O)C1=O.CC1CC(=O)N(OC(=O)CCSC2Sc3ccccc3-c3c2c2ccccc2n3C)C1=O.Cn1c2c(c3ccccc31)C(SCCC(=O)O)Sc1ccccc1-2. The lowest BCUT2D eigenvalue weighted by atomic mass is 10.1. The van der Waals surface area contributed by atoms with Gasteiger partial charge < -0.3 is 19.1 Å². The normalized spacial score (nSPS) is 19.5. The van der Waals surface area contributed by atoms with E-state index in [1.807, 2.05) is 23.9 Å². The number of hydrogen-bond acceptors (Lipinski definition) is 12. The van der Waals surface area contributed by atoms with Gasteiger partial charge in [-0.3, -0.25) is 29.2 Å². The van der Waals surface area contributed by atoms with Gasteiger partial charge in [0, 0.05) is 104 Å². The van der Waals surface area contributed by atoms with E-state index in [-0.39, 0.29) is 45.8 Å². The average molecular weight is 951 g/mol. The lowest BCUT2D eigenvalue weighted by Gasteiger charge is -2.25. The standard InChI is InChI=1S/C24H22N2O4S2.C19H17NO2S2.C5H7NO3/c1-14-13-19(27)26(23(14)29)30-20(28)11-12-31-24-21-15-7-3-5-9-17(15)25(2)22(21)16-8-4-6-10-18(16)32-24;1-20-14-8-4-2-6-12(14)17-18(20)13-7-3-5-9-15(13)24-19(17)23-11-10-16(21)22;1-3-2-4(7)6(9)5(3)8/h3-10,14,24H,11-13H2,1-2H3;2-9,19H,10-11H2,1H3,(H,21,22);3,9H,2H2,1H3. The zero-order valence-electron chi connectivity index (χ0n) is 36.0. The molecule has 10 rings (SSSR count). The minimum Gasteiger partial charge on any atom is -0.481 e. The Bertz CT molecular complexity index is 2880. The number of imide groups is 2. The minimum absolute atomic E-state index is 0.0862. The molecule has 4 unspecified atom stereocenters. The Morgan fingerprint density at radius 1 is 0.646 bits per heavy atom. The third-order valence-electron chi connectivity index (χ3n) is 11.5. The molecule has 0 radical (unpaired) electrons. The largest absolute Gasteiger partial charge is 0.481 e. The highest BCUT2D eigenvalue weighted by Gasteiger charge is 2.39. The van der Waals surface area contributed by atoms with Crippen LogP contribution in [-0.2, 0) is 47.7 Å². The van der Waals surface area contributed by atoms with E-state index in [1.54, 1.807) is 49.1 Å². The predicted octanol–water partition coefficient (Wildman–Crippen LogP) is 9.85. The molecular formula is C48H46N4O9S4. The number of hydrogen-bond donors (Lipinski definition) is 2. The maximum atomic E-state index is 12.3. The number of aromatic nitrogens is 2. The van der Waals surface area contributed by atoms with Crippen molar-refractivity contribution >= 4 is 104 Å². The Morgan fingerprint density at radius 2 is 1.09 bits per heavy atom. The molecule has 0 spiro atoms. The van der Waals surface area contributed by atoms with Gasteiger partial charge >= 0.3 is 11.9 Å². The van der Waals surface area contributed by atoms with Crippen LogP contribution in [0.3, 0.4) is 0 Å². The van der Waals surface area contributed by atoms with Crippen LogP contribution in [0, 0.1) is 11.8 Å². The van der Waals surface area contributed by atoms with Crippen molar-refractivity contribution in [1.82, 2.24) is 19.3 Å². The molecule has 0 aliphatic carbocycles. The molecule has 13 nitrogen and oxygen atoms in total. The topological polar surface area (TPSA) is 168 Å². The van der Waals surface area contributed by atoms with E-state index in [9.17, 15) is 28.8 Å². The van der Waals surface area contributed by atoms with Crippen LogP contribution in [-0.4, -0.2) is 76.6 Å². The first-order valence-electron chi connectivity index (χ1n) is 21.0. The number of carboxylic acids is 1. The molecule has 17 heteroatoms. The fourth-order valence-corrected chi connectivity index (χ4v) is 14.0. The zero-order valence-corrected chi connectivity index (χ0v) is 39.2. The van der Waals surface area contributed by atoms with Crippen molar-refractivity contribution in [2.24, 2.45) is 25.9 Å². The third-order valence-corrected chi connectivity index (χ3v) is 17.0. The number of aryl methyl sites for hydroxylation is 2. The van der Waals surface area contributed by atoms with E-state index in [2.05, 4.69) is 108 Å². The van der Waals surface area contributed by atoms with Crippen LogP contribution >= 0.6 is 47.0 Å². The van der Waals surface area contributed by atoms with Crippen molar-refractivity contribution in [3.63, 3.8) is 0 Å². The molecular weight excluding hydrogens is 905 g/mol. The summed E-state index contributed by atoms with van der Waals surface area (Å²) in [6.45, 7) is 3.26. The molecule has 2 aromatic heterocycles. The van der Waals surface area contributed by atoms with Crippen molar-refractivity contribution in [2.45, 2.75) is 58.5 Å². The second-order valence-corrected chi connectivity index (χ2v) is 21.3. The Labute approximate surface area is 392 Å². The van der Waals surface area contributed by atoms with Gasteiger partial charge in [-0.05, 0) is 24.3 Å². The van der Waals surface area contributed by atoms with Crippen molar-refractivity contribution in [2.75, 3.05) is 11.5 Å². The quantitative estimate of drug-likeness (QED) is 0.104. The summed E-state index contributed by atoms with van der Waals surface area (Å²) in [7, 11) is 4.21. The number of amides is 4. The number of benzene rings is 4. The molecule has 4 atom stereocenters. The van der Waals surface area contributed by atoms with E-state index in [4.69, 9.17) is 15.2 Å². The fourth-order valence-electron chi connectivity index (χ4n) is 8.36. The molecule has 4 aromatic carbocycles. The number of carbonyl (C=O) groups is 6. The predicted molar refractivity (Wildman–Crippen MR) is 255 cm³/mol. The van der Waals surface area contributed by atoms with Crippen LogP contribution in [0.25, 0.3) is 44.3 Å². The molecule has 4 amide bonds. The van der Waals surface area contributed by atoms with Gasteiger partial charge in [0.1, 0.15) is 0 Å². The third kappa shape index (κ3) is 9.21. The smallest absolute Gasteiger partial charge is 0.334 e. The summed E-state index contributed by atoms with van der Waals surface area (Å²) in [6, 6.07) is 33.7. The summed E-state index contributed by atoms with van der Waals surface area (Å²) in [4.78, 5) is 75.6. The summed E-state index contributed by atoms with van der Waals surface area (Å²) in [5, 5.41) is 20.8. The fraction of sp³-hybridized carbons (Fsp3) is 0.292. The monoisotopic (exact) mass is 950 g/mol. The Morgan fingerprint density at radius 3 is 1.52 bits per heavy atom. The molecule has 336 valence electrons. The van der Waals surface area contributed by atoms with Crippen LogP contribution in [0.5, 0.6) is 0 Å². The highest BCUT2D eigenvalue weighted by atomic mass is 32.2. The molecule has 0 bridgehead atoms.